The number of hydrogen-bond acceptors (Lipinski definition) is 5. The molecule has 0 atom stereocenters. The Bertz CT molecular complexity index is 385. The molecule has 0 saturated carbocycles. The molecule has 0 unspecified atom stereocenters. The summed E-state index contributed by atoms with van der Waals surface area (Å²) in [6.45, 7) is 1.39. The fourth-order valence-electron chi connectivity index (χ4n) is 1.63. The van der Waals surface area contributed by atoms with Crippen LogP contribution in [-0.4, -0.2) is 38.6 Å². The minimum Gasteiger partial charge on any atom is -0.478 e. The molecule has 0 spiro atoms. The van der Waals surface area contributed by atoms with Crippen molar-refractivity contribution in [1.82, 2.24) is 5.16 Å². The van der Waals surface area contributed by atoms with Crippen LogP contribution in [0.2, 0.25) is 0 Å². The quantitative estimate of drug-likeness (QED) is 0.799. The van der Waals surface area contributed by atoms with E-state index in [-0.39, 0.29) is 5.88 Å². The maximum absolute atomic E-state index is 12.8. The number of aromatic nitrogens is 1. The maximum atomic E-state index is 12.8. The van der Waals surface area contributed by atoms with Crippen LogP contribution in [0.3, 0.4) is 0 Å². The van der Waals surface area contributed by atoms with Gasteiger partial charge in [-0.25, -0.2) is 0 Å². The number of nitrogens with zero attached hydrogens (tertiary/aromatic N) is 2. The maximum Gasteiger partial charge on any atom is 0.426 e. The predicted octanol–water partition coefficient (Wildman–Crippen LogP) is 1.54. The molecule has 0 N–H and O–H groups in total. The Morgan fingerprint density at radius 1 is 1.29 bits per heavy atom. The average molecular weight is 252 g/mol. The lowest BCUT2D eigenvalue weighted by Gasteiger charge is -2.26. The molecule has 2 rings (SSSR count). The van der Waals surface area contributed by atoms with E-state index in [0.717, 1.165) is 7.11 Å². The molecule has 1 aromatic rings. The van der Waals surface area contributed by atoms with E-state index in [2.05, 4.69) is 9.89 Å². The van der Waals surface area contributed by atoms with Gasteiger partial charge in [-0.3, -0.25) is 0 Å². The normalized spacial score (nSPS) is 17.3. The highest BCUT2D eigenvalue weighted by Crippen LogP contribution is 2.42. The van der Waals surface area contributed by atoms with Crippen molar-refractivity contribution in [3.63, 3.8) is 0 Å². The standard InChI is InChI=1S/C9H11F3N2O3/c1-15-7-6(9(10,11)12)8(17-13-7)14-2-4-16-5-3-14/h2-5H2,1H3. The highest BCUT2D eigenvalue weighted by molar-refractivity contribution is 5.51. The van der Waals surface area contributed by atoms with Crippen molar-refractivity contribution < 1.29 is 27.2 Å². The lowest BCUT2D eigenvalue weighted by molar-refractivity contribution is -0.138. The highest BCUT2D eigenvalue weighted by atomic mass is 19.4. The van der Waals surface area contributed by atoms with Gasteiger partial charge in [0.2, 0.25) is 5.88 Å². The zero-order valence-corrected chi connectivity index (χ0v) is 9.08. The minimum absolute atomic E-state index is 0.308. The summed E-state index contributed by atoms with van der Waals surface area (Å²) in [6.07, 6.45) is -4.56. The number of morpholine rings is 1. The molecule has 0 aromatic carbocycles. The number of halogens is 3. The molecule has 0 radical (unpaired) electrons. The Kier molecular flexibility index (Phi) is 3.14. The third-order valence-electron chi connectivity index (χ3n) is 2.42. The van der Waals surface area contributed by atoms with Crippen LogP contribution in [0.25, 0.3) is 0 Å². The molecule has 0 bridgehead atoms. The van der Waals surface area contributed by atoms with E-state index < -0.39 is 17.6 Å². The van der Waals surface area contributed by atoms with Gasteiger partial charge in [0.25, 0.3) is 5.88 Å². The molecule has 8 heteroatoms. The largest absolute Gasteiger partial charge is 0.478 e. The second-order valence-electron chi connectivity index (χ2n) is 3.47. The Balaban J connectivity index is 2.36. The molecule has 2 heterocycles. The van der Waals surface area contributed by atoms with Crippen LogP contribution in [0.4, 0.5) is 19.1 Å². The second kappa shape index (κ2) is 4.44. The van der Waals surface area contributed by atoms with Crippen LogP contribution in [0, 0.1) is 0 Å². The van der Waals surface area contributed by atoms with Crippen LogP contribution in [0.1, 0.15) is 5.56 Å². The van der Waals surface area contributed by atoms with Crippen LogP contribution >= 0.6 is 0 Å². The van der Waals surface area contributed by atoms with Crippen molar-refractivity contribution in [3.8, 4) is 5.88 Å². The van der Waals surface area contributed by atoms with Gasteiger partial charge in [-0.15, -0.1) is 0 Å². The summed E-state index contributed by atoms with van der Waals surface area (Å²) in [5.41, 5.74) is -0.970. The summed E-state index contributed by atoms with van der Waals surface area (Å²) in [4.78, 5) is 1.45. The molecule has 17 heavy (non-hydrogen) atoms. The topological polar surface area (TPSA) is 47.7 Å². The molecule has 1 aromatic heterocycles. The Morgan fingerprint density at radius 2 is 1.94 bits per heavy atom. The van der Waals surface area contributed by atoms with E-state index in [1.165, 1.54) is 4.90 Å². The molecule has 96 valence electrons. The molecular weight excluding hydrogens is 241 g/mol. The zero-order chi connectivity index (χ0) is 12.5. The number of methoxy groups -OCH3 is 1. The fourth-order valence-corrected chi connectivity index (χ4v) is 1.63. The molecule has 1 aliphatic heterocycles. The molecule has 1 fully saturated rings. The zero-order valence-electron chi connectivity index (χ0n) is 9.08. The number of rotatable bonds is 2. The first-order chi connectivity index (χ1) is 8.04. The average Bonchev–Trinajstić information content (AvgIpc) is 2.73. The first kappa shape index (κ1) is 12.0. The molecule has 0 amide bonds. The van der Waals surface area contributed by atoms with Crippen LogP contribution in [0.5, 0.6) is 5.88 Å². The third kappa shape index (κ3) is 2.31. The van der Waals surface area contributed by atoms with E-state index >= 15 is 0 Å². The number of alkyl halides is 3. The second-order valence-corrected chi connectivity index (χ2v) is 3.47. The van der Waals surface area contributed by atoms with E-state index in [0.29, 0.717) is 26.3 Å². The van der Waals surface area contributed by atoms with E-state index in [4.69, 9.17) is 9.26 Å². The first-order valence-corrected chi connectivity index (χ1v) is 4.97. The minimum atomic E-state index is -4.56. The van der Waals surface area contributed by atoms with E-state index in [1.54, 1.807) is 0 Å². The van der Waals surface area contributed by atoms with E-state index in [9.17, 15) is 13.2 Å². The van der Waals surface area contributed by atoms with Gasteiger partial charge >= 0.3 is 6.18 Å². The molecular formula is C9H11F3N2O3. The van der Waals surface area contributed by atoms with E-state index in [1.807, 2.05) is 0 Å². The van der Waals surface area contributed by atoms with Gasteiger partial charge in [0.05, 0.1) is 20.3 Å². The summed E-state index contributed by atoms with van der Waals surface area (Å²) in [6, 6.07) is 0. The van der Waals surface area contributed by atoms with Crippen molar-refractivity contribution in [2.45, 2.75) is 6.18 Å². The summed E-state index contributed by atoms with van der Waals surface area (Å²) < 4.78 is 52.9. The molecule has 1 aliphatic rings. The number of ether oxygens (including phenoxy) is 2. The van der Waals surface area contributed by atoms with Crippen molar-refractivity contribution in [3.05, 3.63) is 5.56 Å². The third-order valence-corrected chi connectivity index (χ3v) is 2.42. The summed E-state index contributed by atoms with van der Waals surface area (Å²) in [5.74, 6) is -0.850. The summed E-state index contributed by atoms with van der Waals surface area (Å²) in [7, 11) is 1.12. The lowest BCUT2D eigenvalue weighted by Crippen LogP contribution is -2.37. The summed E-state index contributed by atoms with van der Waals surface area (Å²) in [5, 5.41) is 3.28. The smallest absolute Gasteiger partial charge is 0.426 e. The highest BCUT2D eigenvalue weighted by Gasteiger charge is 2.43. The van der Waals surface area contributed by atoms with Gasteiger partial charge in [0, 0.05) is 13.1 Å². The van der Waals surface area contributed by atoms with Gasteiger partial charge < -0.3 is 18.9 Å². The van der Waals surface area contributed by atoms with Crippen molar-refractivity contribution in [2.75, 3.05) is 38.3 Å². The number of hydrogen-bond donors (Lipinski definition) is 0. The first-order valence-electron chi connectivity index (χ1n) is 4.97. The molecule has 1 saturated heterocycles. The lowest BCUT2D eigenvalue weighted by atomic mass is 10.2. The Morgan fingerprint density at radius 3 is 2.47 bits per heavy atom. The van der Waals surface area contributed by atoms with Crippen molar-refractivity contribution in [1.29, 1.82) is 0 Å². The molecule has 5 nitrogen and oxygen atoms in total. The molecule has 0 aliphatic carbocycles. The van der Waals surface area contributed by atoms with Crippen LogP contribution in [0.15, 0.2) is 4.52 Å². The SMILES string of the molecule is COc1noc(N2CCOCC2)c1C(F)(F)F. The van der Waals surface area contributed by atoms with Gasteiger partial charge in [-0.2, -0.15) is 13.2 Å². The van der Waals surface area contributed by atoms with Gasteiger partial charge in [0.15, 0.2) is 5.56 Å². The summed E-state index contributed by atoms with van der Waals surface area (Å²) >= 11 is 0. The number of anilines is 1. The van der Waals surface area contributed by atoms with Gasteiger partial charge in [0.1, 0.15) is 0 Å². The Labute approximate surface area is 95.1 Å². The van der Waals surface area contributed by atoms with Crippen molar-refractivity contribution in [2.24, 2.45) is 0 Å². The van der Waals surface area contributed by atoms with Gasteiger partial charge in [-0.05, 0) is 5.16 Å². The van der Waals surface area contributed by atoms with Crippen molar-refractivity contribution >= 4 is 5.88 Å². The fraction of sp³-hybridized carbons (Fsp3) is 0.667. The van der Waals surface area contributed by atoms with Gasteiger partial charge in [-0.1, -0.05) is 0 Å². The monoisotopic (exact) mass is 252 g/mol. The van der Waals surface area contributed by atoms with Crippen LogP contribution < -0.4 is 9.64 Å². The predicted molar refractivity (Wildman–Crippen MR) is 51.1 cm³/mol. The van der Waals surface area contributed by atoms with Crippen LogP contribution in [-0.2, 0) is 10.9 Å². The Hall–Kier alpha value is -1.44.